The normalized spacial score (nSPS) is 12.9. The van der Waals surface area contributed by atoms with Gasteiger partial charge in [-0.05, 0) is 19.1 Å². The zero-order valence-corrected chi connectivity index (χ0v) is 12.8. The van der Waals surface area contributed by atoms with Crippen molar-refractivity contribution in [3.63, 3.8) is 0 Å². The van der Waals surface area contributed by atoms with E-state index < -0.39 is 22.0 Å². The largest absolute Gasteiger partial charge is 0.383 e. The summed E-state index contributed by atoms with van der Waals surface area (Å²) in [7, 11) is -2.30. The molecule has 0 aliphatic carbocycles. The monoisotopic (exact) mass is 316 g/mol. The number of amides is 1. The Morgan fingerprint density at radius 3 is 2.71 bits per heavy atom. The maximum Gasteiger partial charge on any atom is 0.242 e. The van der Waals surface area contributed by atoms with Gasteiger partial charge in [-0.15, -0.1) is 0 Å². The van der Waals surface area contributed by atoms with Crippen LogP contribution in [0.25, 0.3) is 0 Å². The molecule has 1 atom stereocenters. The number of sulfonamides is 1. The zero-order chi connectivity index (χ0) is 15.9. The maximum absolute atomic E-state index is 12.1. The SMILES string of the molecule is COCCNC(=O)C(C)NS(=O)(=O)c1ccc(CN)nc1. The van der Waals surface area contributed by atoms with Gasteiger partial charge >= 0.3 is 0 Å². The minimum atomic E-state index is -3.81. The Bertz CT molecular complexity index is 559. The van der Waals surface area contributed by atoms with Gasteiger partial charge in [0.25, 0.3) is 0 Å². The van der Waals surface area contributed by atoms with Crippen LogP contribution in [0, 0.1) is 0 Å². The van der Waals surface area contributed by atoms with Crippen molar-refractivity contribution in [2.75, 3.05) is 20.3 Å². The van der Waals surface area contributed by atoms with E-state index in [2.05, 4.69) is 15.0 Å². The first-order chi connectivity index (χ1) is 9.90. The molecule has 21 heavy (non-hydrogen) atoms. The molecule has 0 aliphatic rings. The number of methoxy groups -OCH3 is 1. The smallest absolute Gasteiger partial charge is 0.242 e. The van der Waals surface area contributed by atoms with Crippen LogP contribution in [-0.4, -0.2) is 45.6 Å². The molecular weight excluding hydrogens is 296 g/mol. The van der Waals surface area contributed by atoms with Crippen LogP contribution >= 0.6 is 0 Å². The van der Waals surface area contributed by atoms with Crippen LogP contribution in [0.3, 0.4) is 0 Å². The molecular formula is C12H20N4O4S. The van der Waals surface area contributed by atoms with Gasteiger partial charge in [-0.2, -0.15) is 4.72 Å². The number of rotatable bonds is 8. The Labute approximate surface area is 124 Å². The fourth-order valence-electron chi connectivity index (χ4n) is 1.47. The lowest BCUT2D eigenvalue weighted by Crippen LogP contribution is -2.45. The van der Waals surface area contributed by atoms with Crippen LogP contribution in [0.4, 0.5) is 0 Å². The van der Waals surface area contributed by atoms with Crippen LogP contribution < -0.4 is 15.8 Å². The molecule has 0 fully saturated rings. The summed E-state index contributed by atoms with van der Waals surface area (Å²) >= 11 is 0. The molecule has 118 valence electrons. The molecule has 1 unspecified atom stereocenters. The molecule has 0 saturated carbocycles. The predicted octanol–water partition coefficient (Wildman–Crippen LogP) is -1.03. The summed E-state index contributed by atoms with van der Waals surface area (Å²) in [6.07, 6.45) is 1.21. The van der Waals surface area contributed by atoms with Gasteiger partial charge in [-0.25, -0.2) is 8.42 Å². The van der Waals surface area contributed by atoms with E-state index in [0.29, 0.717) is 18.8 Å². The lowest BCUT2D eigenvalue weighted by molar-refractivity contribution is -0.122. The van der Waals surface area contributed by atoms with Crippen molar-refractivity contribution in [1.82, 2.24) is 15.0 Å². The molecule has 9 heteroatoms. The summed E-state index contributed by atoms with van der Waals surface area (Å²) in [4.78, 5) is 15.6. The van der Waals surface area contributed by atoms with E-state index in [1.165, 1.54) is 32.4 Å². The van der Waals surface area contributed by atoms with Crippen LogP contribution in [0.5, 0.6) is 0 Å². The van der Waals surface area contributed by atoms with Crippen LogP contribution in [0.2, 0.25) is 0 Å². The molecule has 1 rings (SSSR count). The summed E-state index contributed by atoms with van der Waals surface area (Å²) in [5, 5.41) is 2.55. The first-order valence-corrected chi connectivity index (χ1v) is 7.83. The van der Waals surface area contributed by atoms with E-state index in [-0.39, 0.29) is 11.4 Å². The quantitative estimate of drug-likeness (QED) is 0.527. The first-order valence-electron chi connectivity index (χ1n) is 6.34. The maximum atomic E-state index is 12.1. The summed E-state index contributed by atoms with van der Waals surface area (Å²) < 4.78 is 31.3. The van der Waals surface area contributed by atoms with Crippen LogP contribution in [0.1, 0.15) is 12.6 Å². The van der Waals surface area contributed by atoms with Gasteiger partial charge in [-0.1, -0.05) is 0 Å². The molecule has 0 aliphatic heterocycles. The van der Waals surface area contributed by atoms with Gasteiger partial charge in [0.1, 0.15) is 4.90 Å². The van der Waals surface area contributed by atoms with Gasteiger partial charge in [0, 0.05) is 26.4 Å². The highest BCUT2D eigenvalue weighted by Crippen LogP contribution is 2.08. The van der Waals surface area contributed by atoms with Gasteiger partial charge in [0.05, 0.1) is 18.3 Å². The van der Waals surface area contributed by atoms with Crippen molar-refractivity contribution < 1.29 is 17.9 Å². The van der Waals surface area contributed by atoms with E-state index in [0.717, 1.165) is 0 Å². The van der Waals surface area contributed by atoms with Crippen molar-refractivity contribution in [2.24, 2.45) is 5.73 Å². The third-order valence-electron chi connectivity index (χ3n) is 2.65. The second kappa shape index (κ2) is 8.03. The number of ether oxygens (including phenoxy) is 1. The Morgan fingerprint density at radius 1 is 1.48 bits per heavy atom. The highest BCUT2D eigenvalue weighted by Gasteiger charge is 2.22. The summed E-state index contributed by atoms with van der Waals surface area (Å²) in [6.45, 7) is 2.36. The molecule has 0 saturated heterocycles. The highest BCUT2D eigenvalue weighted by atomic mass is 32.2. The molecule has 0 bridgehead atoms. The lowest BCUT2D eigenvalue weighted by Gasteiger charge is -2.14. The standard InChI is InChI=1S/C12H20N4O4S/c1-9(12(17)14-5-6-20-2)16-21(18,19)11-4-3-10(7-13)15-8-11/h3-4,8-9,16H,5-7,13H2,1-2H3,(H,14,17). The Morgan fingerprint density at radius 2 is 2.19 bits per heavy atom. The fourth-order valence-corrected chi connectivity index (χ4v) is 2.62. The van der Waals surface area contributed by atoms with E-state index in [4.69, 9.17) is 10.5 Å². The molecule has 1 aromatic rings. The number of nitrogens with one attached hydrogen (secondary N) is 2. The lowest BCUT2D eigenvalue weighted by atomic mass is 10.3. The average molecular weight is 316 g/mol. The van der Waals surface area contributed by atoms with Crippen molar-refractivity contribution in [2.45, 2.75) is 24.4 Å². The van der Waals surface area contributed by atoms with Crippen LogP contribution in [0.15, 0.2) is 23.2 Å². The molecule has 1 amide bonds. The van der Waals surface area contributed by atoms with Crippen molar-refractivity contribution in [3.05, 3.63) is 24.0 Å². The van der Waals surface area contributed by atoms with Crippen molar-refractivity contribution >= 4 is 15.9 Å². The average Bonchev–Trinajstić information content (AvgIpc) is 2.47. The van der Waals surface area contributed by atoms with E-state index in [1.54, 1.807) is 0 Å². The topological polar surface area (TPSA) is 123 Å². The van der Waals surface area contributed by atoms with E-state index in [1.807, 2.05) is 0 Å². The van der Waals surface area contributed by atoms with E-state index in [9.17, 15) is 13.2 Å². The van der Waals surface area contributed by atoms with E-state index >= 15 is 0 Å². The molecule has 0 spiro atoms. The third kappa shape index (κ3) is 5.38. The number of carbonyl (C=O) groups is 1. The van der Waals surface area contributed by atoms with Crippen molar-refractivity contribution in [1.29, 1.82) is 0 Å². The Kier molecular flexibility index (Phi) is 6.69. The second-order valence-corrected chi connectivity index (χ2v) is 6.03. The fraction of sp³-hybridized carbons (Fsp3) is 0.500. The second-order valence-electron chi connectivity index (χ2n) is 4.32. The number of hydrogen-bond donors (Lipinski definition) is 3. The number of nitrogens with two attached hydrogens (primary N) is 1. The Hall–Kier alpha value is -1.55. The molecule has 1 aromatic heterocycles. The number of hydrogen-bond acceptors (Lipinski definition) is 6. The highest BCUT2D eigenvalue weighted by molar-refractivity contribution is 7.89. The number of carbonyl (C=O) groups excluding carboxylic acids is 1. The molecule has 4 N–H and O–H groups in total. The molecule has 0 aromatic carbocycles. The molecule has 8 nitrogen and oxygen atoms in total. The summed E-state index contributed by atoms with van der Waals surface area (Å²) in [6, 6.07) is 2.02. The molecule has 1 heterocycles. The van der Waals surface area contributed by atoms with Gasteiger partial charge in [-0.3, -0.25) is 9.78 Å². The van der Waals surface area contributed by atoms with Crippen molar-refractivity contribution in [3.8, 4) is 0 Å². The third-order valence-corrected chi connectivity index (χ3v) is 4.17. The minimum Gasteiger partial charge on any atom is -0.383 e. The zero-order valence-electron chi connectivity index (χ0n) is 12.0. The summed E-state index contributed by atoms with van der Waals surface area (Å²) in [5.41, 5.74) is 5.98. The summed E-state index contributed by atoms with van der Waals surface area (Å²) in [5.74, 6) is -0.429. The van der Waals surface area contributed by atoms with Gasteiger partial charge in [0.15, 0.2) is 0 Å². The predicted molar refractivity (Wildman–Crippen MR) is 76.8 cm³/mol. The number of pyridine rings is 1. The molecule has 0 radical (unpaired) electrons. The minimum absolute atomic E-state index is 0.0174. The van der Waals surface area contributed by atoms with Gasteiger partial charge < -0.3 is 15.8 Å². The van der Waals surface area contributed by atoms with Gasteiger partial charge in [0.2, 0.25) is 15.9 Å². The number of nitrogens with zero attached hydrogens (tertiary/aromatic N) is 1. The Balaban J connectivity index is 2.68. The first kappa shape index (κ1) is 17.5. The number of aromatic nitrogens is 1. The van der Waals surface area contributed by atoms with Crippen LogP contribution in [-0.2, 0) is 26.1 Å².